The number of unbranched alkanes of at least 4 members (excludes halogenated alkanes) is 1. The van der Waals surface area contributed by atoms with Crippen molar-refractivity contribution < 1.29 is 24.0 Å². The number of nitrogens with zero attached hydrogens (tertiary/aromatic N) is 1. The maximum absolute atomic E-state index is 12.9. The molecule has 0 heterocycles. The Bertz CT molecular complexity index is 666. The topological polar surface area (TPSA) is 97.0 Å². The summed E-state index contributed by atoms with van der Waals surface area (Å²) in [5.74, 6) is -0.602. The first kappa shape index (κ1) is 25.4. The second-order valence-electron chi connectivity index (χ2n) is 7.61. The van der Waals surface area contributed by atoms with E-state index in [9.17, 15) is 14.4 Å². The average molecular weight is 422 g/mol. The Morgan fingerprint density at radius 3 is 2.30 bits per heavy atom. The lowest BCUT2D eigenvalue weighted by Gasteiger charge is -2.26. The number of ether oxygens (including phenoxy) is 1. The van der Waals surface area contributed by atoms with Crippen LogP contribution in [0.3, 0.4) is 0 Å². The third kappa shape index (κ3) is 9.26. The lowest BCUT2D eigenvalue weighted by molar-refractivity contribution is -0.172. The van der Waals surface area contributed by atoms with Gasteiger partial charge >= 0.3 is 6.09 Å². The highest BCUT2D eigenvalue weighted by Crippen LogP contribution is 2.09. The zero-order chi connectivity index (χ0) is 22.5. The molecular weight excluding hydrogens is 386 g/mol. The highest BCUT2D eigenvalue weighted by Gasteiger charge is 2.29. The van der Waals surface area contributed by atoms with Gasteiger partial charge in [0.25, 0.3) is 5.91 Å². The lowest BCUT2D eigenvalue weighted by atomic mass is 10.0. The Kier molecular flexibility index (Phi) is 11.5. The second kappa shape index (κ2) is 13.6. The second-order valence-corrected chi connectivity index (χ2v) is 7.61. The molecule has 0 spiro atoms. The molecule has 1 aromatic carbocycles. The molecular formula is C22H35N3O5. The van der Waals surface area contributed by atoms with Gasteiger partial charge in [0.15, 0.2) is 0 Å². The van der Waals surface area contributed by atoms with Crippen LogP contribution < -0.4 is 10.6 Å². The molecule has 0 aliphatic carbocycles. The van der Waals surface area contributed by atoms with Crippen LogP contribution in [-0.2, 0) is 25.8 Å². The van der Waals surface area contributed by atoms with Crippen molar-refractivity contribution >= 4 is 17.9 Å². The third-order valence-corrected chi connectivity index (χ3v) is 4.57. The molecule has 30 heavy (non-hydrogen) atoms. The van der Waals surface area contributed by atoms with Crippen molar-refractivity contribution in [1.82, 2.24) is 15.7 Å². The van der Waals surface area contributed by atoms with E-state index in [-0.39, 0.29) is 18.4 Å². The number of nitrogens with one attached hydrogen (secondary N) is 2. The van der Waals surface area contributed by atoms with Gasteiger partial charge in [0, 0.05) is 7.05 Å². The lowest BCUT2D eigenvalue weighted by Crippen LogP contribution is -2.54. The quantitative estimate of drug-likeness (QED) is 0.506. The van der Waals surface area contributed by atoms with Gasteiger partial charge in [0.2, 0.25) is 5.91 Å². The number of rotatable bonds is 12. The van der Waals surface area contributed by atoms with E-state index in [1.54, 1.807) is 0 Å². The summed E-state index contributed by atoms with van der Waals surface area (Å²) in [7, 11) is 2.89. The summed E-state index contributed by atoms with van der Waals surface area (Å²) in [6.45, 7) is 6.03. The summed E-state index contributed by atoms with van der Waals surface area (Å²) in [4.78, 5) is 42.6. The molecule has 1 aromatic rings. The van der Waals surface area contributed by atoms with Gasteiger partial charge < -0.3 is 15.4 Å². The van der Waals surface area contributed by atoms with E-state index in [1.165, 1.54) is 14.2 Å². The first-order valence-corrected chi connectivity index (χ1v) is 10.4. The first-order valence-electron chi connectivity index (χ1n) is 10.4. The molecule has 168 valence electrons. The molecule has 3 amide bonds. The molecule has 0 bridgehead atoms. The summed E-state index contributed by atoms with van der Waals surface area (Å²) in [5.41, 5.74) is 0.852. The molecule has 0 aliphatic heterocycles. The molecule has 2 N–H and O–H groups in total. The van der Waals surface area contributed by atoms with Crippen LogP contribution in [-0.4, -0.2) is 49.2 Å². The van der Waals surface area contributed by atoms with Gasteiger partial charge in [-0.05, 0) is 24.3 Å². The molecule has 0 aliphatic rings. The van der Waals surface area contributed by atoms with Crippen LogP contribution >= 0.6 is 0 Å². The van der Waals surface area contributed by atoms with Crippen molar-refractivity contribution in [3.63, 3.8) is 0 Å². The fourth-order valence-corrected chi connectivity index (χ4v) is 2.86. The Hall–Kier alpha value is -2.61. The SMILES string of the molecule is CCCC[C@H](NC(=O)[C@H](CC(C)C)NC(=O)OCc1ccccc1)C(=O)N(C)OC. The number of hydrogen-bond donors (Lipinski definition) is 2. The normalized spacial score (nSPS) is 12.7. The van der Waals surface area contributed by atoms with Crippen molar-refractivity contribution in [2.24, 2.45) is 5.92 Å². The molecule has 1 rings (SSSR count). The number of carbonyl (C=O) groups is 3. The van der Waals surface area contributed by atoms with Crippen LogP contribution in [0.1, 0.15) is 52.0 Å². The molecule has 0 saturated heterocycles. The predicted octanol–water partition coefficient (Wildman–Crippen LogP) is 3.02. The monoisotopic (exact) mass is 421 g/mol. The molecule has 0 saturated carbocycles. The maximum atomic E-state index is 12.9. The summed E-state index contributed by atoms with van der Waals surface area (Å²) >= 11 is 0. The number of likely N-dealkylation sites (N-methyl/N-ethyl adjacent to an activating group) is 1. The zero-order valence-corrected chi connectivity index (χ0v) is 18.6. The largest absolute Gasteiger partial charge is 0.445 e. The summed E-state index contributed by atoms with van der Waals surface area (Å²) in [6, 6.07) is 7.76. The summed E-state index contributed by atoms with van der Waals surface area (Å²) in [5, 5.41) is 6.50. The van der Waals surface area contributed by atoms with Crippen LogP contribution in [0.25, 0.3) is 0 Å². The molecule has 0 unspecified atom stereocenters. The standard InChI is InChI=1S/C22H35N3O5/c1-6-7-13-18(21(27)25(4)29-5)23-20(26)19(14-16(2)3)24-22(28)30-15-17-11-9-8-10-12-17/h8-12,16,18-19H,6-7,13-15H2,1-5H3,(H,23,26)(H,24,28)/t18-,19-/m0/s1. The smallest absolute Gasteiger partial charge is 0.408 e. The number of amides is 3. The number of hydrogen-bond acceptors (Lipinski definition) is 5. The number of hydroxylamine groups is 2. The van der Waals surface area contributed by atoms with Crippen LogP contribution in [0.5, 0.6) is 0 Å². The maximum Gasteiger partial charge on any atom is 0.408 e. The van der Waals surface area contributed by atoms with E-state index < -0.39 is 24.1 Å². The first-order chi connectivity index (χ1) is 14.3. The predicted molar refractivity (Wildman–Crippen MR) is 114 cm³/mol. The van der Waals surface area contributed by atoms with Crippen molar-refractivity contribution in [1.29, 1.82) is 0 Å². The molecule has 0 aromatic heterocycles. The molecule has 0 radical (unpaired) electrons. The van der Waals surface area contributed by atoms with Crippen LogP contribution in [0, 0.1) is 5.92 Å². The van der Waals surface area contributed by atoms with Gasteiger partial charge in [-0.15, -0.1) is 0 Å². The van der Waals surface area contributed by atoms with Gasteiger partial charge in [0.1, 0.15) is 18.7 Å². The Labute approximate surface area is 179 Å². The van der Waals surface area contributed by atoms with Crippen LogP contribution in [0.2, 0.25) is 0 Å². The Balaban J connectivity index is 2.76. The van der Waals surface area contributed by atoms with Gasteiger partial charge in [-0.2, -0.15) is 0 Å². The highest BCUT2D eigenvalue weighted by molar-refractivity contribution is 5.90. The van der Waals surface area contributed by atoms with E-state index in [2.05, 4.69) is 10.6 Å². The van der Waals surface area contributed by atoms with Crippen molar-refractivity contribution in [2.45, 2.75) is 65.1 Å². The number of benzene rings is 1. The van der Waals surface area contributed by atoms with E-state index in [1.807, 2.05) is 51.1 Å². The number of alkyl carbamates (subject to hydrolysis) is 1. The van der Waals surface area contributed by atoms with E-state index in [4.69, 9.17) is 9.57 Å². The van der Waals surface area contributed by atoms with Crippen molar-refractivity contribution in [3.05, 3.63) is 35.9 Å². The van der Waals surface area contributed by atoms with Gasteiger partial charge in [0.05, 0.1) is 7.11 Å². The fraction of sp³-hybridized carbons (Fsp3) is 0.591. The Morgan fingerprint density at radius 1 is 1.07 bits per heavy atom. The number of carbonyl (C=O) groups excluding carboxylic acids is 3. The van der Waals surface area contributed by atoms with Crippen LogP contribution in [0.4, 0.5) is 4.79 Å². The molecule has 0 fully saturated rings. The van der Waals surface area contributed by atoms with E-state index in [0.29, 0.717) is 12.8 Å². The molecule has 8 heteroatoms. The highest BCUT2D eigenvalue weighted by atomic mass is 16.7. The summed E-state index contributed by atoms with van der Waals surface area (Å²) in [6.07, 6.45) is 1.89. The van der Waals surface area contributed by atoms with Crippen molar-refractivity contribution in [2.75, 3.05) is 14.2 Å². The molecule has 8 nitrogen and oxygen atoms in total. The minimum Gasteiger partial charge on any atom is -0.445 e. The third-order valence-electron chi connectivity index (χ3n) is 4.57. The molecule has 2 atom stereocenters. The van der Waals surface area contributed by atoms with E-state index in [0.717, 1.165) is 23.5 Å². The summed E-state index contributed by atoms with van der Waals surface area (Å²) < 4.78 is 5.24. The minimum atomic E-state index is -0.807. The van der Waals surface area contributed by atoms with Crippen LogP contribution in [0.15, 0.2) is 30.3 Å². The minimum absolute atomic E-state index is 0.110. The van der Waals surface area contributed by atoms with E-state index >= 15 is 0 Å². The van der Waals surface area contributed by atoms with Crippen molar-refractivity contribution in [3.8, 4) is 0 Å². The van der Waals surface area contributed by atoms with Gasteiger partial charge in [-0.25, -0.2) is 9.86 Å². The zero-order valence-electron chi connectivity index (χ0n) is 18.6. The fourth-order valence-electron chi connectivity index (χ4n) is 2.86. The van der Waals surface area contributed by atoms with Gasteiger partial charge in [-0.3, -0.25) is 14.4 Å². The average Bonchev–Trinajstić information content (AvgIpc) is 2.73. The Morgan fingerprint density at radius 2 is 1.73 bits per heavy atom. The van der Waals surface area contributed by atoms with Gasteiger partial charge in [-0.1, -0.05) is 63.9 Å².